The predicted octanol–water partition coefficient (Wildman–Crippen LogP) is 6.71. The van der Waals surface area contributed by atoms with Crippen LogP contribution in [0, 0.1) is 6.92 Å². The minimum absolute atomic E-state index is 0.283. The first-order valence-corrected chi connectivity index (χ1v) is 12.9. The van der Waals surface area contributed by atoms with Crippen LogP contribution in [0.4, 0.5) is 11.5 Å². The first-order valence-electron chi connectivity index (χ1n) is 12.9. The number of nitrogens with one attached hydrogen (secondary N) is 2. The Morgan fingerprint density at radius 3 is 2.65 bits per heavy atom. The maximum atomic E-state index is 11.2. The van der Waals surface area contributed by atoms with Crippen LogP contribution in [0.5, 0.6) is 0 Å². The zero-order valence-corrected chi connectivity index (χ0v) is 21.4. The molecule has 6 heteroatoms. The van der Waals surface area contributed by atoms with Crippen molar-refractivity contribution in [1.82, 2.24) is 19.9 Å². The van der Waals surface area contributed by atoms with Gasteiger partial charge in [-0.3, -0.25) is 4.90 Å². The molecule has 0 fully saturated rings. The number of fused-ring (bicyclic) bond motifs is 1. The van der Waals surface area contributed by atoms with E-state index in [2.05, 4.69) is 70.3 Å². The second-order valence-corrected chi connectivity index (χ2v) is 9.42. The van der Waals surface area contributed by atoms with Gasteiger partial charge in [-0.2, -0.15) is 0 Å². The van der Waals surface area contributed by atoms with E-state index < -0.39 is 0 Å². The highest BCUT2D eigenvalue weighted by Gasteiger charge is 2.15. The van der Waals surface area contributed by atoms with Gasteiger partial charge in [-0.1, -0.05) is 32.8 Å². The maximum Gasteiger partial charge on any atom is 0.143 e. The smallest absolute Gasteiger partial charge is 0.143 e. The summed E-state index contributed by atoms with van der Waals surface area (Å²) in [5, 5.41) is 4.65. The number of Topliss-reactive ketones (excluding diaryl/α,β-unsaturated/α-hetero) is 1. The number of nitrogens with zero attached hydrogens (tertiary/aromatic N) is 3. The van der Waals surface area contributed by atoms with E-state index in [0.29, 0.717) is 6.42 Å². The molecule has 184 valence electrons. The van der Waals surface area contributed by atoms with E-state index in [-0.39, 0.29) is 5.78 Å². The molecule has 2 N–H and O–H groups in total. The topological polar surface area (TPSA) is 73.9 Å². The van der Waals surface area contributed by atoms with E-state index in [1.807, 2.05) is 0 Å². The molecule has 0 aliphatic heterocycles. The fraction of sp³-hybridized carbons (Fsp3) is 0.536. The molecule has 3 aromatic rings. The average molecular weight is 464 g/mol. The molecule has 6 nitrogen and oxygen atoms in total. The monoisotopic (exact) mass is 463 g/mol. The summed E-state index contributed by atoms with van der Waals surface area (Å²) >= 11 is 0. The number of unbranched alkanes of at least 4 members (excludes halogenated alkanes) is 3. The van der Waals surface area contributed by atoms with Crippen molar-refractivity contribution in [2.45, 2.75) is 85.6 Å². The molecule has 3 rings (SSSR count). The number of ketones is 1. The molecule has 0 amide bonds. The fourth-order valence-electron chi connectivity index (χ4n) is 4.48. The second kappa shape index (κ2) is 13.2. The van der Waals surface area contributed by atoms with Crippen LogP contribution in [0.2, 0.25) is 0 Å². The van der Waals surface area contributed by atoms with E-state index in [0.717, 1.165) is 74.3 Å². The maximum absolute atomic E-state index is 11.2. The highest BCUT2D eigenvalue weighted by molar-refractivity contribution is 5.92. The number of aromatic nitrogens is 3. The Morgan fingerprint density at radius 2 is 1.88 bits per heavy atom. The summed E-state index contributed by atoms with van der Waals surface area (Å²) in [6, 6.07) is 6.54. The van der Waals surface area contributed by atoms with Crippen LogP contribution in [0.25, 0.3) is 11.0 Å². The molecular formula is C28H41N5O. The molecule has 2 heterocycles. The number of benzene rings is 1. The van der Waals surface area contributed by atoms with Gasteiger partial charge in [0.05, 0.1) is 5.39 Å². The van der Waals surface area contributed by atoms with E-state index in [9.17, 15) is 4.79 Å². The van der Waals surface area contributed by atoms with Gasteiger partial charge in [-0.15, -0.1) is 0 Å². The molecule has 0 unspecified atom stereocenters. The number of hydrogen-bond donors (Lipinski definition) is 2. The third-order valence-electron chi connectivity index (χ3n) is 6.40. The third-order valence-corrected chi connectivity index (χ3v) is 6.40. The molecule has 0 spiro atoms. The van der Waals surface area contributed by atoms with Crippen LogP contribution in [-0.2, 0) is 17.8 Å². The van der Waals surface area contributed by atoms with Gasteiger partial charge < -0.3 is 15.1 Å². The Bertz CT molecular complexity index is 1060. The highest BCUT2D eigenvalue weighted by atomic mass is 16.1. The molecule has 0 atom stereocenters. The first kappa shape index (κ1) is 25.9. The minimum atomic E-state index is 0.283. The summed E-state index contributed by atoms with van der Waals surface area (Å²) in [5.74, 6) is 1.13. The van der Waals surface area contributed by atoms with Gasteiger partial charge in [0.2, 0.25) is 0 Å². The van der Waals surface area contributed by atoms with Gasteiger partial charge >= 0.3 is 0 Å². The van der Waals surface area contributed by atoms with Crippen LogP contribution >= 0.6 is 0 Å². The van der Waals surface area contributed by atoms with Crippen molar-refractivity contribution < 1.29 is 4.79 Å². The standard InChI is InChI=1S/C28H41N5O/c1-5-7-16-33(15-6-2)19-24-18-29-27-26(24)28(31-20-30-27)32-25-14-13-21(3)23(17-25)12-10-8-9-11-22(4)34/h13-14,17-18,20H,5-12,15-16,19H2,1-4H3,(H2,29,30,31,32). The molecule has 0 bridgehead atoms. The van der Waals surface area contributed by atoms with Crippen molar-refractivity contribution in [2.24, 2.45) is 0 Å². The predicted molar refractivity (Wildman–Crippen MR) is 142 cm³/mol. The summed E-state index contributed by atoms with van der Waals surface area (Å²) in [6.45, 7) is 11.4. The summed E-state index contributed by atoms with van der Waals surface area (Å²) < 4.78 is 0. The van der Waals surface area contributed by atoms with E-state index in [1.165, 1.54) is 29.5 Å². The van der Waals surface area contributed by atoms with Crippen molar-refractivity contribution >= 4 is 28.3 Å². The molecule has 0 aliphatic rings. The number of aryl methyl sites for hydroxylation is 2. The molecule has 34 heavy (non-hydrogen) atoms. The van der Waals surface area contributed by atoms with E-state index in [4.69, 9.17) is 0 Å². The molecule has 0 radical (unpaired) electrons. The van der Waals surface area contributed by atoms with E-state index in [1.54, 1.807) is 13.3 Å². The number of aromatic amines is 1. The van der Waals surface area contributed by atoms with Crippen molar-refractivity contribution in [3.8, 4) is 0 Å². The normalized spacial score (nSPS) is 11.4. The molecule has 1 aromatic carbocycles. The zero-order valence-electron chi connectivity index (χ0n) is 21.4. The van der Waals surface area contributed by atoms with Gasteiger partial charge in [0.15, 0.2) is 0 Å². The van der Waals surface area contributed by atoms with Crippen molar-refractivity contribution in [3.05, 3.63) is 47.4 Å². The summed E-state index contributed by atoms with van der Waals surface area (Å²) in [5.41, 5.74) is 5.81. The van der Waals surface area contributed by atoms with Crippen LogP contribution in [0.15, 0.2) is 30.7 Å². The average Bonchev–Trinajstić information content (AvgIpc) is 3.23. The number of rotatable bonds is 15. The Balaban J connectivity index is 1.75. The minimum Gasteiger partial charge on any atom is -0.346 e. The van der Waals surface area contributed by atoms with Gasteiger partial charge in [-0.25, -0.2) is 9.97 Å². The lowest BCUT2D eigenvalue weighted by Gasteiger charge is -2.21. The Kier molecular flexibility index (Phi) is 10.1. The lowest BCUT2D eigenvalue weighted by molar-refractivity contribution is -0.117. The Hall–Kier alpha value is -2.73. The lowest BCUT2D eigenvalue weighted by atomic mass is 10.0. The van der Waals surface area contributed by atoms with Gasteiger partial charge in [-0.05, 0) is 87.9 Å². The number of carbonyl (C=O) groups excluding carboxylic acids is 1. The van der Waals surface area contributed by atoms with Crippen LogP contribution in [-0.4, -0.2) is 38.7 Å². The Labute approximate surface area is 204 Å². The Morgan fingerprint density at radius 1 is 1.03 bits per heavy atom. The molecule has 0 aliphatic carbocycles. The zero-order chi connectivity index (χ0) is 24.3. The number of anilines is 2. The van der Waals surface area contributed by atoms with Crippen molar-refractivity contribution in [3.63, 3.8) is 0 Å². The molecule has 0 saturated carbocycles. The van der Waals surface area contributed by atoms with Crippen molar-refractivity contribution in [1.29, 1.82) is 0 Å². The van der Waals surface area contributed by atoms with Gasteiger partial charge in [0, 0.05) is 24.8 Å². The number of H-pyrrole nitrogens is 1. The van der Waals surface area contributed by atoms with Gasteiger partial charge in [0.1, 0.15) is 23.6 Å². The van der Waals surface area contributed by atoms with Crippen LogP contribution in [0.3, 0.4) is 0 Å². The van der Waals surface area contributed by atoms with E-state index >= 15 is 0 Å². The number of hydrogen-bond acceptors (Lipinski definition) is 5. The number of carbonyl (C=O) groups is 1. The SMILES string of the molecule is CCCCN(CCC)Cc1c[nH]c2ncnc(Nc3ccc(C)c(CCCCCC(C)=O)c3)c12. The summed E-state index contributed by atoms with van der Waals surface area (Å²) in [7, 11) is 0. The summed E-state index contributed by atoms with van der Waals surface area (Å²) in [6.07, 6.45) is 12.2. The van der Waals surface area contributed by atoms with Crippen LogP contribution < -0.4 is 5.32 Å². The van der Waals surface area contributed by atoms with Crippen LogP contribution in [0.1, 0.15) is 82.4 Å². The quantitative estimate of drug-likeness (QED) is 0.245. The summed E-state index contributed by atoms with van der Waals surface area (Å²) in [4.78, 5) is 26.1. The highest BCUT2D eigenvalue weighted by Crippen LogP contribution is 2.28. The largest absolute Gasteiger partial charge is 0.346 e. The first-order chi connectivity index (χ1) is 16.5. The van der Waals surface area contributed by atoms with Gasteiger partial charge in [0.25, 0.3) is 0 Å². The fourth-order valence-corrected chi connectivity index (χ4v) is 4.48. The molecule has 2 aromatic heterocycles. The lowest BCUT2D eigenvalue weighted by Crippen LogP contribution is -2.25. The third kappa shape index (κ3) is 7.39. The molecular weight excluding hydrogens is 422 g/mol. The second-order valence-electron chi connectivity index (χ2n) is 9.42. The molecule has 0 saturated heterocycles. The van der Waals surface area contributed by atoms with Crippen molar-refractivity contribution in [2.75, 3.05) is 18.4 Å².